The van der Waals surface area contributed by atoms with Crippen LogP contribution in [0.15, 0.2) is 26.7 Å². The molecule has 0 aliphatic heterocycles. The monoisotopic (exact) mass is 273 g/mol. The van der Waals surface area contributed by atoms with Crippen LogP contribution < -0.4 is 5.73 Å². The first-order chi connectivity index (χ1) is 6.31. The van der Waals surface area contributed by atoms with Crippen molar-refractivity contribution < 1.29 is 0 Å². The minimum absolute atomic E-state index is 0.619. The van der Waals surface area contributed by atoms with Crippen molar-refractivity contribution in [3.8, 4) is 10.4 Å². The molecule has 2 aromatic rings. The van der Waals surface area contributed by atoms with Crippen LogP contribution in [-0.2, 0) is 6.54 Å². The van der Waals surface area contributed by atoms with Gasteiger partial charge in [-0.05, 0) is 44.4 Å². The van der Waals surface area contributed by atoms with Gasteiger partial charge in [-0.25, -0.2) is 0 Å². The van der Waals surface area contributed by atoms with Crippen LogP contribution in [0.1, 0.15) is 5.56 Å². The van der Waals surface area contributed by atoms with Crippen molar-refractivity contribution in [2.24, 2.45) is 5.73 Å². The minimum atomic E-state index is 0.619. The second-order valence-electron chi connectivity index (χ2n) is 2.62. The van der Waals surface area contributed by atoms with Crippen LogP contribution in [0, 0.1) is 0 Å². The first-order valence-electron chi connectivity index (χ1n) is 3.82. The summed E-state index contributed by atoms with van der Waals surface area (Å²) in [5.74, 6) is 0. The Morgan fingerprint density at radius 2 is 2.15 bits per heavy atom. The SMILES string of the molecule is NCc1cscc1-c1ccc(Br)s1. The molecule has 2 rings (SSSR count). The molecule has 0 fully saturated rings. The fourth-order valence-electron chi connectivity index (χ4n) is 1.16. The molecule has 4 heteroatoms. The van der Waals surface area contributed by atoms with E-state index in [4.69, 9.17) is 5.73 Å². The van der Waals surface area contributed by atoms with Gasteiger partial charge >= 0.3 is 0 Å². The number of rotatable bonds is 2. The summed E-state index contributed by atoms with van der Waals surface area (Å²) in [5, 5.41) is 4.27. The van der Waals surface area contributed by atoms with E-state index in [0.29, 0.717) is 6.54 Å². The maximum Gasteiger partial charge on any atom is 0.0705 e. The lowest BCUT2D eigenvalue weighted by Gasteiger charge is -1.96. The van der Waals surface area contributed by atoms with Crippen molar-refractivity contribution >= 4 is 38.6 Å². The van der Waals surface area contributed by atoms with Gasteiger partial charge in [0, 0.05) is 17.0 Å². The Kier molecular flexibility index (Phi) is 2.83. The van der Waals surface area contributed by atoms with Crippen molar-refractivity contribution in [3.63, 3.8) is 0 Å². The fourth-order valence-corrected chi connectivity index (χ4v) is 3.54. The Morgan fingerprint density at radius 1 is 1.31 bits per heavy atom. The Balaban J connectivity index is 2.45. The molecule has 0 aliphatic carbocycles. The Morgan fingerprint density at radius 3 is 2.77 bits per heavy atom. The molecule has 2 N–H and O–H groups in total. The maximum absolute atomic E-state index is 5.64. The van der Waals surface area contributed by atoms with E-state index in [0.717, 1.165) is 3.79 Å². The van der Waals surface area contributed by atoms with E-state index < -0.39 is 0 Å². The number of hydrogen-bond acceptors (Lipinski definition) is 3. The minimum Gasteiger partial charge on any atom is -0.326 e. The van der Waals surface area contributed by atoms with Gasteiger partial charge < -0.3 is 5.73 Å². The molecule has 0 radical (unpaired) electrons. The van der Waals surface area contributed by atoms with E-state index in [1.165, 1.54) is 16.0 Å². The zero-order chi connectivity index (χ0) is 9.26. The molecule has 0 amide bonds. The third-order valence-electron chi connectivity index (χ3n) is 1.80. The fraction of sp³-hybridized carbons (Fsp3) is 0.111. The zero-order valence-corrected chi connectivity index (χ0v) is 10.0. The standard InChI is InChI=1S/C9H8BrNS2/c10-9-2-1-8(13-9)7-5-12-4-6(7)3-11/h1-2,4-5H,3,11H2. The summed E-state index contributed by atoms with van der Waals surface area (Å²) in [5.41, 5.74) is 8.16. The molecular formula is C9H8BrNS2. The summed E-state index contributed by atoms with van der Waals surface area (Å²) in [6.07, 6.45) is 0. The van der Waals surface area contributed by atoms with E-state index in [9.17, 15) is 0 Å². The zero-order valence-electron chi connectivity index (χ0n) is 6.79. The highest BCUT2D eigenvalue weighted by Crippen LogP contribution is 2.34. The van der Waals surface area contributed by atoms with Crippen molar-refractivity contribution in [2.45, 2.75) is 6.54 Å². The van der Waals surface area contributed by atoms with Gasteiger partial charge in [-0.2, -0.15) is 11.3 Å². The average molecular weight is 274 g/mol. The summed E-state index contributed by atoms with van der Waals surface area (Å²) < 4.78 is 1.16. The van der Waals surface area contributed by atoms with Gasteiger partial charge in [0.2, 0.25) is 0 Å². The lowest BCUT2D eigenvalue weighted by Crippen LogP contribution is -1.94. The second-order valence-corrected chi connectivity index (χ2v) is 5.83. The molecule has 0 saturated carbocycles. The molecule has 68 valence electrons. The number of nitrogens with two attached hydrogens (primary N) is 1. The molecule has 2 aromatic heterocycles. The molecule has 0 unspecified atom stereocenters. The molecular weight excluding hydrogens is 266 g/mol. The van der Waals surface area contributed by atoms with E-state index in [-0.39, 0.29) is 0 Å². The second kappa shape index (κ2) is 3.92. The van der Waals surface area contributed by atoms with Crippen molar-refractivity contribution in [3.05, 3.63) is 32.2 Å². The smallest absolute Gasteiger partial charge is 0.0705 e. The number of halogens is 1. The van der Waals surface area contributed by atoms with E-state index >= 15 is 0 Å². The lowest BCUT2D eigenvalue weighted by molar-refractivity contribution is 1.09. The number of hydrogen-bond donors (Lipinski definition) is 1. The molecule has 0 atom stereocenters. The Hall–Kier alpha value is -0.160. The highest BCUT2D eigenvalue weighted by molar-refractivity contribution is 9.11. The average Bonchev–Trinajstić information content (AvgIpc) is 2.71. The van der Waals surface area contributed by atoms with Crippen LogP contribution in [0.2, 0.25) is 0 Å². The summed E-state index contributed by atoms with van der Waals surface area (Å²) in [4.78, 5) is 1.29. The Labute approximate surface area is 93.3 Å². The van der Waals surface area contributed by atoms with Crippen molar-refractivity contribution in [1.29, 1.82) is 0 Å². The molecule has 1 nitrogen and oxygen atoms in total. The highest BCUT2D eigenvalue weighted by atomic mass is 79.9. The lowest BCUT2D eigenvalue weighted by atomic mass is 10.2. The summed E-state index contributed by atoms with van der Waals surface area (Å²) in [7, 11) is 0. The molecule has 2 heterocycles. The van der Waals surface area contributed by atoms with Gasteiger partial charge in [-0.1, -0.05) is 0 Å². The predicted molar refractivity (Wildman–Crippen MR) is 63.2 cm³/mol. The summed E-state index contributed by atoms with van der Waals surface area (Å²) in [6, 6.07) is 4.19. The normalized spacial score (nSPS) is 10.6. The Bertz CT molecular complexity index is 405. The van der Waals surface area contributed by atoms with Crippen LogP contribution in [0.25, 0.3) is 10.4 Å². The molecule has 0 aliphatic rings. The highest BCUT2D eigenvalue weighted by Gasteiger charge is 2.06. The van der Waals surface area contributed by atoms with E-state index in [1.807, 2.05) is 0 Å². The van der Waals surface area contributed by atoms with Crippen LogP contribution in [0.3, 0.4) is 0 Å². The quantitative estimate of drug-likeness (QED) is 0.887. The summed E-state index contributed by atoms with van der Waals surface area (Å²) in [6.45, 7) is 0.619. The molecule has 0 aromatic carbocycles. The van der Waals surface area contributed by atoms with Gasteiger partial charge in [0.25, 0.3) is 0 Å². The number of thiophene rings is 2. The first-order valence-corrected chi connectivity index (χ1v) is 6.37. The summed E-state index contributed by atoms with van der Waals surface area (Å²) >= 11 is 6.90. The third kappa shape index (κ3) is 1.86. The topological polar surface area (TPSA) is 26.0 Å². The molecule has 0 bridgehead atoms. The maximum atomic E-state index is 5.64. The first kappa shape index (κ1) is 9.40. The van der Waals surface area contributed by atoms with E-state index in [1.54, 1.807) is 22.7 Å². The van der Waals surface area contributed by atoms with Crippen molar-refractivity contribution in [1.82, 2.24) is 0 Å². The van der Waals surface area contributed by atoms with Gasteiger partial charge in [-0.15, -0.1) is 11.3 Å². The van der Waals surface area contributed by atoms with E-state index in [2.05, 4.69) is 38.8 Å². The van der Waals surface area contributed by atoms with Gasteiger partial charge in [0.05, 0.1) is 3.79 Å². The van der Waals surface area contributed by atoms with Crippen LogP contribution in [0.5, 0.6) is 0 Å². The molecule has 0 spiro atoms. The van der Waals surface area contributed by atoms with Gasteiger partial charge in [0.15, 0.2) is 0 Å². The van der Waals surface area contributed by atoms with Crippen LogP contribution >= 0.6 is 38.6 Å². The molecule has 13 heavy (non-hydrogen) atoms. The van der Waals surface area contributed by atoms with Gasteiger partial charge in [0.1, 0.15) is 0 Å². The van der Waals surface area contributed by atoms with Crippen LogP contribution in [0.4, 0.5) is 0 Å². The molecule has 0 saturated heterocycles. The largest absolute Gasteiger partial charge is 0.326 e. The third-order valence-corrected chi connectivity index (χ3v) is 4.25. The van der Waals surface area contributed by atoms with Gasteiger partial charge in [-0.3, -0.25) is 0 Å². The van der Waals surface area contributed by atoms with Crippen molar-refractivity contribution in [2.75, 3.05) is 0 Å². The predicted octanol–water partition coefficient (Wildman–Crippen LogP) is 3.70. The van der Waals surface area contributed by atoms with Crippen LogP contribution in [-0.4, -0.2) is 0 Å².